The van der Waals surface area contributed by atoms with Gasteiger partial charge in [-0.1, -0.05) is 12.1 Å². The van der Waals surface area contributed by atoms with Crippen molar-refractivity contribution in [1.29, 1.82) is 0 Å². The minimum Gasteiger partial charge on any atom is -0.487 e. The van der Waals surface area contributed by atoms with Crippen LogP contribution in [-0.2, 0) is 15.9 Å². The fourth-order valence-electron chi connectivity index (χ4n) is 3.63. The third-order valence-electron chi connectivity index (χ3n) is 5.35. The molecule has 1 atom stereocenters. The van der Waals surface area contributed by atoms with E-state index in [1.165, 1.54) is 20.4 Å². The first-order valence-electron chi connectivity index (χ1n) is 10.3. The Kier molecular flexibility index (Phi) is 6.35. The van der Waals surface area contributed by atoms with Crippen molar-refractivity contribution < 1.29 is 28.6 Å². The Morgan fingerprint density at radius 2 is 1.61 bits per heavy atom. The van der Waals surface area contributed by atoms with Crippen LogP contribution < -0.4 is 10.1 Å². The van der Waals surface area contributed by atoms with Gasteiger partial charge >= 0.3 is 11.9 Å². The second-order valence-electron chi connectivity index (χ2n) is 7.44. The third-order valence-corrected chi connectivity index (χ3v) is 5.35. The number of aromatic nitrogens is 1. The van der Waals surface area contributed by atoms with Crippen molar-refractivity contribution in [2.75, 3.05) is 20.8 Å². The summed E-state index contributed by atoms with van der Waals surface area (Å²) in [5, 5.41) is 2.88. The molecule has 1 amide bonds. The molecule has 0 saturated heterocycles. The number of benzene rings is 2. The topological polar surface area (TPSA) is 104 Å². The van der Waals surface area contributed by atoms with Crippen LogP contribution in [-0.4, -0.2) is 49.7 Å². The molecule has 0 saturated carbocycles. The molecule has 8 heteroatoms. The number of hydrogen-bond acceptors (Lipinski definition) is 7. The zero-order valence-corrected chi connectivity index (χ0v) is 18.2. The molecule has 1 aliphatic rings. The normalized spacial score (nSPS) is 14.1. The number of pyridine rings is 1. The summed E-state index contributed by atoms with van der Waals surface area (Å²) in [5.41, 5.74) is 3.70. The lowest BCUT2D eigenvalue weighted by Crippen LogP contribution is -2.34. The summed E-state index contributed by atoms with van der Waals surface area (Å²) in [6, 6.07) is 15.5. The molecule has 0 spiro atoms. The van der Waals surface area contributed by atoms with Gasteiger partial charge in [0.1, 0.15) is 11.9 Å². The standard InChI is InChI=1S/C25H22N2O6/c1-31-24(29)16-8-6-15(7-9-16)23(28)27-14-19-12-17-4-3-5-20(22(17)33-19)21-11-10-18(13-26-21)25(30)32-2/h3-11,13,19H,12,14H2,1-2H3,(H,27,28). The summed E-state index contributed by atoms with van der Waals surface area (Å²) >= 11 is 0. The Bertz CT molecular complexity index is 1190. The third kappa shape index (κ3) is 4.69. The zero-order chi connectivity index (χ0) is 23.4. The Balaban J connectivity index is 1.41. The van der Waals surface area contributed by atoms with Gasteiger partial charge in [-0.15, -0.1) is 0 Å². The molecule has 0 aliphatic carbocycles. The van der Waals surface area contributed by atoms with E-state index in [0.717, 1.165) is 16.9 Å². The van der Waals surface area contributed by atoms with Crippen LogP contribution in [0.25, 0.3) is 11.3 Å². The first-order valence-corrected chi connectivity index (χ1v) is 10.3. The molecular weight excluding hydrogens is 424 g/mol. The van der Waals surface area contributed by atoms with Crippen molar-refractivity contribution in [3.05, 3.63) is 83.0 Å². The monoisotopic (exact) mass is 446 g/mol. The van der Waals surface area contributed by atoms with E-state index in [2.05, 4.69) is 15.0 Å². The van der Waals surface area contributed by atoms with E-state index in [0.29, 0.717) is 35.3 Å². The summed E-state index contributed by atoms with van der Waals surface area (Å²) < 4.78 is 15.5. The van der Waals surface area contributed by atoms with Crippen LogP contribution in [0.15, 0.2) is 60.8 Å². The number of rotatable bonds is 6. The summed E-state index contributed by atoms with van der Waals surface area (Å²) in [4.78, 5) is 40.0. The number of para-hydroxylation sites is 1. The van der Waals surface area contributed by atoms with Crippen molar-refractivity contribution in [3.63, 3.8) is 0 Å². The van der Waals surface area contributed by atoms with Crippen LogP contribution in [0, 0.1) is 0 Å². The summed E-state index contributed by atoms with van der Waals surface area (Å²) in [6.07, 6.45) is 1.89. The summed E-state index contributed by atoms with van der Waals surface area (Å²) in [7, 11) is 2.63. The van der Waals surface area contributed by atoms with Gasteiger partial charge in [0.25, 0.3) is 5.91 Å². The Labute approximate surface area is 190 Å². The minimum atomic E-state index is -0.454. The average molecular weight is 446 g/mol. The average Bonchev–Trinajstić information content (AvgIpc) is 3.29. The van der Waals surface area contributed by atoms with Crippen LogP contribution in [0.2, 0.25) is 0 Å². The van der Waals surface area contributed by atoms with Gasteiger partial charge in [0, 0.05) is 23.7 Å². The maximum atomic E-state index is 12.5. The lowest BCUT2D eigenvalue weighted by atomic mass is 10.0. The van der Waals surface area contributed by atoms with Gasteiger partial charge in [-0.05, 0) is 48.0 Å². The number of nitrogens with one attached hydrogen (secondary N) is 1. The molecule has 8 nitrogen and oxygen atoms in total. The fourth-order valence-corrected chi connectivity index (χ4v) is 3.63. The van der Waals surface area contributed by atoms with Crippen molar-refractivity contribution in [2.45, 2.75) is 12.5 Å². The second kappa shape index (κ2) is 9.52. The van der Waals surface area contributed by atoms with E-state index in [1.54, 1.807) is 36.4 Å². The highest BCUT2D eigenvalue weighted by Gasteiger charge is 2.26. The van der Waals surface area contributed by atoms with Crippen molar-refractivity contribution in [3.8, 4) is 17.0 Å². The number of hydrogen-bond donors (Lipinski definition) is 1. The van der Waals surface area contributed by atoms with Crippen LogP contribution in [0.1, 0.15) is 36.6 Å². The Hall–Kier alpha value is -4.20. The van der Waals surface area contributed by atoms with E-state index >= 15 is 0 Å². The Morgan fingerprint density at radius 3 is 2.27 bits per heavy atom. The SMILES string of the molecule is COC(=O)c1ccc(C(=O)NCC2Cc3cccc(-c4ccc(C(=O)OC)cn4)c3O2)cc1. The molecule has 1 aromatic heterocycles. The molecule has 3 aromatic rings. The number of esters is 2. The summed E-state index contributed by atoms with van der Waals surface area (Å²) in [5.74, 6) is -0.438. The number of carbonyl (C=O) groups is 3. The number of fused-ring (bicyclic) bond motifs is 1. The zero-order valence-electron chi connectivity index (χ0n) is 18.2. The first kappa shape index (κ1) is 22.0. The lowest BCUT2D eigenvalue weighted by molar-refractivity contribution is 0.0591. The molecule has 33 heavy (non-hydrogen) atoms. The van der Waals surface area contributed by atoms with E-state index in [9.17, 15) is 14.4 Å². The first-order chi connectivity index (χ1) is 16.0. The van der Waals surface area contributed by atoms with Crippen molar-refractivity contribution >= 4 is 17.8 Å². The van der Waals surface area contributed by atoms with Crippen LogP contribution >= 0.6 is 0 Å². The van der Waals surface area contributed by atoms with Gasteiger partial charge < -0.3 is 19.5 Å². The fraction of sp³-hybridized carbons (Fsp3) is 0.200. The predicted octanol–water partition coefficient (Wildman–Crippen LogP) is 3.06. The molecule has 1 N–H and O–H groups in total. The molecule has 2 heterocycles. The summed E-state index contributed by atoms with van der Waals surface area (Å²) in [6.45, 7) is 0.320. The maximum absolute atomic E-state index is 12.5. The molecule has 1 unspecified atom stereocenters. The molecule has 0 bridgehead atoms. The van der Waals surface area contributed by atoms with E-state index < -0.39 is 11.9 Å². The van der Waals surface area contributed by atoms with Gasteiger partial charge in [0.2, 0.25) is 0 Å². The number of nitrogens with zero attached hydrogens (tertiary/aromatic N) is 1. The van der Waals surface area contributed by atoms with E-state index in [1.807, 2.05) is 18.2 Å². The molecular formula is C25H22N2O6. The molecule has 0 fully saturated rings. The van der Waals surface area contributed by atoms with Gasteiger partial charge in [-0.2, -0.15) is 0 Å². The highest BCUT2D eigenvalue weighted by atomic mass is 16.5. The molecule has 4 rings (SSSR count). The minimum absolute atomic E-state index is 0.228. The van der Waals surface area contributed by atoms with Crippen LogP contribution in [0.4, 0.5) is 0 Å². The lowest BCUT2D eigenvalue weighted by Gasteiger charge is -2.13. The van der Waals surface area contributed by atoms with E-state index in [-0.39, 0.29) is 12.0 Å². The second-order valence-corrected chi connectivity index (χ2v) is 7.44. The predicted molar refractivity (Wildman–Crippen MR) is 119 cm³/mol. The van der Waals surface area contributed by atoms with Gasteiger partial charge in [0.05, 0.1) is 37.6 Å². The van der Waals surface area contributed by atoms with Crippen molar-refractivity contribution in [1.82, 2.24) is 10.3 Å². The number of ether oxygens (including phenoxy) is 3. The number of amides is 1. The number of carbonyl (C=O) groups excluding carboxylic acids is 3. The van der Waals surface area contributed by atoms with E-state index in [4.69, 9.17) is 9.47 Å². The van der Waals surface area contributed by atoms with Gasteiger partial charge in [-0.3, -0.25) is 9.78 Å². The maximum Gasteiger partial charge on any atom is 0.339 e. The molecule has 2 aromatic carbocycles. The number of methoxy groups -OCH3 is 2. The van der Waals surface area contributed by atoms with Gasteiger partial charge in [-0.25, -0.2) is 9.59 Å². The molecule has 168 valence electrons. The van der Waals surface area contributed by atoms with Crippen LogP contribution in [0.3, 0.4) is 0 Å². The van der Waals surface area contributed by atoms with Crippen LogP contribution in [0.5, 0.6) is 5.75 Å². The highest BCUT2D eigenvalue weighted by molar-refractivity contribution is 5.96. The highest BCUT2D eigenvalue weighted by Crippen LogP contribution is 2.38. The largest absolute Gasteiger partial charge is 0.487 e. The smallest absolute Gasteiger partial charge is 0.339 e. The molecule has 1 aliphatic heterocycles. The Morgan fingerprint density at radius 1 is 0.939 bits per heavy atom. The van der Waals surface area contributed by atoms with Crippen molar-refractivity contribution in [2.24, 2.45) is 0 Å². The molecule has 0 radical (unpaired) electrons. The quantitative estimate of drug-likeness (QED) is 0.581. The van der Waals surface area contributed by atoms with Gasteiger partial charge in [0.15, 0.2) is 0 Å².